The van der Waals surface area contributed by atoms with E-state index in [4.69, 9.17) is 34.7 Å². The highest BCUT2D eigenvalue weighted by atomic mass is 31.2. The topological polar surface area (TPSA) is 263 Å². The number of nitrogens with zero attached hydrogens (tertiary/aromatic N) is 8. The molecule has 0 bridgehead atoms. The number of fused-ring (bicyclic) bond motifs is 2. The number of halogens is 1. The number of anilines is 2. The van der Waals surface area contributed by atoms with E-state index in [9.17, 15) is 19.7 Å². The van der Waals surface area contributed by atoms with Crippen molar-refractivity contribution in [2.24, 2.45) is 0 Å². The van der Waals surface area contributed by atoms with Gasteiger partial charge in [0.25, 0.3) is 0 Å². The minimum absolute atomic E-state index is 0.0664. The second-order valence-corrected chi connectivity index (χ2v) is 10.9. The van der Waals surface area contributed by atoms with Crippen molar-refractivity contribution in [1.29, 1.82) is 0 Å². The van der Waals surface area contributed by atoms with Crippen LogP contribution in [0.4, 0.5) is 16.0 Å². The summed E-state index contributed by atoms with van der Waals surface area (Å²) in [5.74, 6) is 0.171. The van der Waals surface area contributed by atoms with E-state index in [1.165, 1.54) is 35.2 Å². The van der Waals surface area contributed by atoms with E-state index in [0.717, 1.165) is 6.33 Å². The van der Waals surface area contributed by atoms with E-state index in [0.29, 0.717) is 0 Å². The predicted octanol–water partition coefficient (Wildman–Crippen LogP) is -1.17. The lowest BCUT2D eigenvalue weighted by Crippen LogP contribution is -2.36. The SMILES string of the molecule is COC[C@H]1O[C@@H](n2cnc3c(N)ncnc32)C(O)[C@H]1OP(=O)(O)OC[C@H]1O[C@@H](n2cnc3c(N)ncnc32)C(F)C1O. The Morgan fingerprint density at radius 2 is 1.48 bits per heavy atom. The molecule has 0 aliphatic carbocycles. The summed E-state index contributed by atoms with van der Waals surface area (Å²) in [6.45, 7) is -0.884. The maximum Gasteiger partial charge on any atom is 0.472 e. The van der Waals surface area contributed by atoms with Gasteiger partial charge in [0, 0.05) is 7.11 Å². The van der Waals surface area contributed by atoms with Crippen LogP contribution in [0.3, 0.4) is 0 Å². The first-order valence-electron chi connectivity index (χ1n) is 12.4. The summed E-state index contributed by atoms with van der Waals surface area (Å²) in [5.41, 5.74) is 12.5. The highest BCUT2D eigenvalue weighted by Crippen LogP contribution is 2.49. The van der Waals surface area contributed by atoms with Crippen LogP contribution < -0.4 is 11.5 Å². The number of hydrogen-bond donors (Lipinski definition) is 5. The molecule has 6 heterocycles. The van der Waals surface area contributed by atoms with E-state index in [1.807, 2.05) is 0 Å². The van der Waals surface area contributed by atoms with Gasteiger partial charge in [0.15, 0.2) is 41.6 Å². The van der Waals surface area contributed by atoms with E-state index in [-0.39, 0.29) is 40.6 Å². The average Bonchev–Trinajstić information content (AvgIpc) is 3.71. The number of methoxy groups -OCH3 is 1. The van der Waals surface area contributed by atoms with Crippen LogP contribution in [0.15, 0.2) is 25.3 Å². The maximum atomic E-state index is 15.1. The number of rotatable bonds is 9. The van der Waals surface area contributed by atoms with Gasteiger partial charge in [0.1, 0.15) is 54.2 Å². The monoisotopic (exact) mass is 612 g/mol. The fourth-order valence-electron chi connectivity index (χ4n) is 4.91. The first-order valence-corrected chi connectivity index (χ1v) is 13.9. The lowest BCUT2D eigenvalue weighted by Gasteiger charge is -2.24. The standard InChI is InChI=1S/C21H26FN10O9P/c1-37-2-9-15(14(34)21(40-9)32-7-30-12-17(24)26-5-28-19(12)32)41-42(35,36)38-3-8-13(33)10(22)20(39-8)31-6-29-11-16(23)25-4-27-18(11)31/h4-10,13-15,20-21,33-34H,2-3H2,1H3,(H,35,36)(H2,23,25,27)(H2,24,26,28)/t8-,9-,10?,13?,14?,15+,20-,21-/m1/s1. The van der Waals surface area contributed by atoms with Gasteiger partial charge in [-0.15, -0.1) is 0 Å². The minimum Gasteiger partial charge on any atom is -0.387 e. The third kappa shape index (κ3) is 4.95. The van der Waals surface area contributed by atoms with Crippen LogP contribution in [0.5, 0.6) is 0 Å². The fourth-order valence-corrected chi connectivity index (χ4v) is 5.87. The molecule has 2 aliphatic rings. The molecule has 0 radical (unpaired) electrons. The highest BCUT2D eigenvalue weighted by molar-refractivity contribution is 7.47. The number of ether oxygens (including phenoxy) is 3. The highest BCUT2D eigenvalue weighted by Gasteiger charge is 2.51. The average molecular weight is 612 g/mol. The quantitative estimate of drug-likeness (QED) is 0.139. The summed E-state index contributed by atoms with van der Waals surface area (Å²) < 4.78 is 57.6. The Morgan fingerprint density at radius 1 is 0.905 bits per heavy atom. The van der Waals surface area contributed by atoms with Crippen molar-refractivity contribution in [2.45, 2.75) is 49.1 Å². The Balaban J connectivity index is 1.15. The fraction of sp³-hybridized carbons (Fsp3) is 0.524. The van der Waals surface area contributed by atoms with Crippen LogP contribution in [0.2, 0.25) is 0 Å². The first kappa shape index (κ1) is 28.6. The number of alkyl halides is 1. The number of nitrogen functional groups attached to an aromatic ring is 2. The maximum absolute atomic E-state index is 15.1. The first-order chi connectivity index (χ1) is 20.1. The van der Waals surface area contributed by atoms with E-state index in [1.54, 1.807) is 0 Å². The predicted molar refractivity (Wildman–Crippen MR) is 137 cm³/mol. The van der Waals surface area contributed by atoms with Gasteiger partial charge in [0.2, 0.25) is 0 Å². The molecule has 19 nitrogen and oxygen atoms in total. The molecular weight excluding hydrogens is 586 g/mol. The van der Waals surface area contributed by atoms with Crippen molar-refractivity contribution in [3.8, 4) is 0 Å². The zero-order chi connectivity index (χ0) is 29.8. The molecule has 2 fully saturated rings. The zero-order valence-corrected chi connectivity index (χ0v) is 22.6. The third-order valence-electron chi connectivity index (χ3n) is 6.91. The van der Waals surface area contributed by atoms with Crippen LogP contribution in [0, 0.1) is 0 Å². The van der Waals surface area contributed by atoms with Crippen LogP contribution in [-0.4, -0.2) is 111 Å². The van der Waals surface area contributed by atoms with Gasteiger partial charge in [-0.3, -0.25) is 18.2 Å². The number of imidazole rings is 2. The summed E-state index contributed by atoms with van der Waals surface area (Å²) in [5, 5.41) is 21.5. The van der Waals surface area contributed by atoms with Crippen molar-refractivity contribution in [3.63, 3.8) is 0 Å². The number of aliphatic hydroxyl groups is 2. The van der Waals surface area contributed by atoms with Gasteiger partial charge < -0.3 is 40.8 Å². The molecule has 0 spiro atoms. The zero-order valence-electron chi connectivity index (χ0n) is 21.7. The second-order valence-electron chi connectivity index (χ2n) is 9.51. The van der Waals surface area contributed by atoms with E-state index in [2.05, 4.69) is 29.9 Å². The van der Waals surface area contributed by atoms with E-state index >= 15 is 4.39 Å². The molecule has 4 unspecified atom stereocenters. The second kappa shape index (κ2) is 11.0. The molecule has 42 heavy (non-hydrogen) atoms. The van der Waals surface area contributed by atoms with Crippen LogP contribution >= 0.6 is 7.82 Å². The molecule has 0 aromatic carbocycles. The summed E-state index contributed by atoms with van der Waals surface area (Å²) in [6, 6.07) is 0. The van der Waals surface area contributed by atoms with Crippen molar-refractivity contribution >= 4 is 41.8 Å². The van der Waals surface area contributed by atoms with E-state index < -0.39 is 63.6 Å². The minimum atomic E-state index is -4.96. The smallest absolute Gasteiger partial charge is 0.387 e. The van der Waals surface area contributed by atoms with Crippen LogP contribution in [0.25, 0.3) is 22.3 Å². The van der Waals surface area contributed by atoms with Gasteiger partial charge in [-0.25, -0.2) is 38.9 Å². The molecule has 0 amide bonds. The summed E-state index contributed by atoms with van der Waals surface area (Å²) in [6.07, 6.45) is -6.76. The number of nitrogens with two attached hydrogens (primary N) is 2. The summed E-state index contributed by atoms with van der Waals surface area (Å²) in [7, 11) is -3.60. The van der Waals surface area contributed by atoms with Crippen molar-refractivity contribution in [1.82, 2.24) is 39.0 Å². The molecule has 0 saturated carbocycles. The van der Waals surface area contributed by atoms with Crippen molar-refractivity contribution < 1.29 is 47.3 Å². The molecule has 21 heteroatoms. The number of phosphoric ester groups is 1. The summed E-state index contributed by atoms with van der Waals surface area (Å²) >= 11 is 0. The molecule has 226 valence electrons. The van der Waals surface area contributed by atoms with Gasteiger partial charge >= 0.3 is 7.82 Å². The molecule has 4 aromatic heterocycles. The number of phosphoric acid groups is 1. The molecular formula is C21H26FN10O9P. The molecule has 6 rings (SSSR count). The Kier molecular flexibility index (Phi) is 7.50. The van der Waals surface area contributed by atoms with Gasteiger partial charge in [0.05, 0.1) is 25.9 Å². The lowest BCUT2D eigenvalue weighted by molar-refractivity contribution is -0.0615. The molecule has 2 saturated heterocycles. The molecule has 2 aliphatic heterocycles. The van der Waals surface area contributed by atoms with Crippen LogP contribution in [-0.2, 0) is 27.8 Å². The number of hydrogen-bond acceptors (Lipinski definition) is 16. The Morgan fingerprint density at radius 3 is 2.07 bits per heavy atom. The molecule has 9 atom stereocenters. The number of aromatic nitrogens is 8. The third-order valence-corrected chi connectivity index (χ3v) is 7.90. The van der Waals surface area contributed by atoms with Gasteiger partial charge in [-0.2, -0.15) is 0 Å². The Labute approximate surface area is 234 Å². The normalized spacial score (nSPS) is 31.3. The largest absolute Gasteiger partial charge is 0.472 e. The van der Waals surface area contributed by atoms with Crippen molar-refractivity contribution in [2.75, 3.05) is 31.8 Å². The Hall–Kier alpha value is -3.46. The summed E-state index contributed by atoms with van der Waals surface area (Å²) in [4.78, 5) is 34.5. The Bertz CT molecular complexity index is 1640. The van der Waals surface area contributed by atoms with Gasteiger partial charge in [-0.1, -0.05) is 0 Å². The van der Waals surface area contributed by atoms with Gasteiger partial charge in [-0.05, 0) is 0 Å². The molecule has 7 N–H and O–H groups in total. The van der Waals surface area contributed by atoms with Crippen LogP contribution in [0.1, 0.15) is 12.5 Å². The lowest BCUT2D eigenvalue weighted by atomic mass is 10.1. The number of aliphatic hydroxyl groups excluding tert-OH is 2. The van der Waals surface area contributed by atoms with Crippen molar-refractivity contribution in [3.05, 3.63) is 25.3 Å². The molecule has 4 aromatic rings.